The summed E-state index contributed by atoms with van der Waals surface area (Å²) >= 11 is 0. The predicted molar refractivity (Wildman–Crippen MR) is 63.4 cm³/mol. The van der Waals surface area contributed by atoms with Crippen LogP contribution in [0.3, 0.4) is 0 Å². The molecule has 0 radical (unpaired) electrons. The highest BCUT2D eigenvalue weighted by Crippen LogP contribution is 1.95. The molecule has 0 aliphatic heterocycles. The number of nitrogens with two attached hydrogens (primary N) is 1. The van der Waals surface area contributed by atoms with Crippen LogP contribution in [0.2, 0.25) is 0 Å². The van der Waals surface area contributed by atoms with E-state index in [4.69, 9.17) is 10.5 Å². The van der Waals surface area contributed by atoms with Gasteiger partial charge in [0.05, 0.1) is 0 Å². The number of hydrogen-bond acceptors (Lipinski definition) is 4. The average molecular weight is 242 g/mol. The highest BCUT2D eigenvalue weighted by atomic mass is 16.5. The van der Waals surface area contributed by atoms with Crippen LogP contribution in [-0.2, 0) is 9.47 Å². The summed E-state index contributed by atoms with van der Waals surface area (Å²) in [4.78, 5) is 21.3. The molecule has 0 aromatic carbocycles. The van der Waals surface area contributed by atoms with Gasteiger partial charge in [0.15, 0.2) is 0 Å². The van der Waals surface area contributed by atoms with Crippen LogP contribution in [0.15, 0.2) is 24.3 Å². The Labute approximate surface area is 100 Å². The smallest absolute Gasteiger partial charge is 0.407 e. The van der Waals surface area contributed by atoms with E-state index in [1.165, 1.54) is 0 Å². The molecule has 0 unspecified atom stereocenters. The molecule has 0 saturated carbocycles. The quantitative estimate of drug-likeness (QED) is 0.687. The van der Waals surface area contributed by atoms with Gasteiger partial charge in [-0.25, -0.2) is 9.59 Å². The van der Waals surface area contributed by atoms with E-state index in [2.05, 4.69) is 16.6 Å². The molecule has 96 valence electrons. The molecule has 0 rings (SSSR count). The first-order chi connectivity index (χ1) is 7.91. The molecule has 0 bridgehead atoms. The maximum absolute atomic E-state index is 11.1. The third-order valence-electron chi connectivity index (χ3n) is 1.47. The maximum Gasteiger partial charge on any atom is 0.407 e. The van der Waals surface area contributed by atoms with E-state index in [1.54, 1.807) is 12.2 Å². The molecular weight excluding hydrogens is 224 g/mol. The number of primary amides is 1. The number of alkyl carbamates (subject to hydrolysis) is 1. The van der Waals surface area contributed by atoms with Crippen molar-refractivity contribution >= 4 is 12.2 Å². The second kappa shape index (κ2) is 8.20. The summed E-state index contributed by atoms with van der Waals surface area (Å²) in [6.07, 6.45) is 1.80. The first-order valence-corrected chi connectivity index (χ1v) is 5.11. The largest absolute Gasteiger partial charge is 0.445 e. The highest BCUT2D eigenvalue weighted by molar-refractivity contribution is 5.67. The molecule has 0 aliphatic rings. The summed E-state index contributed by atoms with van der Waals surface area (Å²) in [5, 5.41) is 2.57. The van der Waals surface area contributed by atoms with Gasteiger partial charge >= 0.3 is 12.2 Å². The van der Waals surface area contributed by atoms with Crippen molar-refractivity contribution in [3.63, 3.8) is 0 Å². The molecule has 6 nitrogen and oxygen atoms in total. The van der Waals surface area contributed by atoms with Gasteiger partial charge in [-0.2, -0.15) is 0 Å². The summed E-state index contributed by atoms with van der Waals surface area (Å²) in [6.45, 7) is 7.46. The predicted octanol–water partition coefficient (Wildman–Crippen LogP) is 1.33. The minimum absolute atomic E-state index is 0.0234. The summed E-state index contributed by atoms with van der Waals surface area (Å²) in [5.74, 6) is 0. The Morgan fingerprint density at radius 1 is 1.41 bits per heavy atom. The van der Waals surface area contributed by atoms with Gasteiger partial charge in [-0.3, -0.25) is 0 Å². The Morgan fingerprint density at radius 3 is 2.59 bits per heavy atom. The zero-order valence-corrected chi connectivity index (χ0v) is 10.1. The lowest BCUT2D eigenvalue weighted by atomic mass is 10.3. The van der Waals surface area contributed by atoms with Gasteiger partial charge in [0.2, 0.25) is 0 Å². The van der Waals surface area contributed by atoms with Crippen LogP contribution in [0, 0.1) is 0 Å². The lowest BCUT2D eigenvalue weighted by molar-refractivity contribution is 0.154. The molecule has 3 N–H and O–H groups in total. The van der Waals surface area contributed by atoms with Gasteiger partial charge in [-0.05, 0) is 25.5 Å². The molecule has 0 fully saturated rings. The van der Waals surface area contributed by atoms with Crippen LogP contribution in [0.5, 0.6) is 0 Å². The van der Waals surface area contributed by atoms with E-state index in [1.807, 2.05) is 13.8 Å². The Morgan fingerprint density at radius 2 is 2.06 bits per heavy atom. The molecule has 6 heteroatoms. The SMILES string of the molecule is C=C(/C=C/COC(N)=O)COC(=O)NC(C)C. The number of carbonyl (C=O) groups excluding carboxylic acids is 2. The lowest BCUT2D eigenvalue weighted by Gasteiger charge is -2.09. The summed E-state index contributed by atoms with van der Waals surface area (Å²) < 4.78 is 9.32. The maximum atomic E-state index is 11.1. The topological polar surface area (TPSA) is 90.7 Å². The van der Waals surface area contributed by atoms with Gasteiger partial charge in [-0.1, -0.05) is 12.7 Å². The van der Waals surface area contributed by atoms with Crippen molar-refractivity contribution in [2.45, 2.75) is 19.9 Å². The monoisotopic (exact) mass is 242 g/mol. The lowest BCUT2D eigenvalue weighted by Crippen LogP contribution is -2.31. The summed E-state index contributed by atoms with van der Waals surface area (Å²) in [6, 6.07) is 0.0234. The van der Waals surface area contributed by atoms with Crippen LogP contribution < -0.4 is 11.1 Å². The van der Waals surface area contributed by atoms with E-state index in [-0.39, 0.29) is 19.3 Å². The minimum Gasteiger partial charge on any atom is -0.445 e. The van der Waals surface area contributed by atoms with E-state index in [0.717, 1.165) is 0 Å². The van der Waals surface area contributed by atoms with Crippen LogP contribution in [0.4, 0.5) is 9.59 Å². The standard InChI is InChI=1S/C11H18N2O4/c1-8(2)13-11(15)17-7-9(3)5-4-6-16-10(12)14/h4-5,8H,3,6-7H2,1-2H3,(H2,12,14)(H,13,15)/b5-4+. The van der Waals surface area contributed by atoms with Crippen molar-refractivity contribution in [2.75, 3.05) is 13.2 Å². The van der Waals surface area contributed by atoms with Crippen molar-refractivity contribution in [1.29, 1.82) is 0 Å². The molecule has 0 spiro atoms. The second-order valence-corrected chi connectivity index (χ2v) is 3.57. The van der Waals surface area contributed by atoms with E-state index >= 15 is 0 Å². The first kappa shape index (κ1) is 15.0. The van der Waals surface area contributed by atoms with E-state index in [0.29, 0.717) is 5.57 Å². The zero-order chi connectivity index (χ0) is 13.3. The van der Waals surface area contributed by atoms with Crippen LogP contribution in [0.1, 0.15) is 13.8 Å². The number of hydrogen-bond donors (Lipinski definition) is 2. The molecule has 17 heavy (non-hydrogen) atoms. The Balaban J connectivity index is 3.72. The number of nitrogens with one attached hydrogen (secondary N) is 1. The normalized spacial score (nSPS) is 10.3. The molecule has 0 aromatic rings. The Bertz CT molecular complexity index is 311. The summed E-state index contributed by atoms with van der Waals surface area (Å²) in [5.41, 5.74) is 5.34. The van der Waals surface area contributed by atoms with Crippen LogP contribution in [-0.4, -0.2) is 31.4 Å². The number of carbonyl (C=O) groups is 2. The van der Waals surface area contributed by atoms with Crippen molar-refractivity contribution in [3.05, 3.63) is 24.3 Å². The molecule has 0 heterocycles. The van der Waals surface area contributed by atoms with Crippen molar-refractivity contribution in [1.82, 2.24) is 5.32 Å². The molecule has 2 amide bonds. The average Bonchev–Trinajstić information content (AvgIpc) is 2.20. The third kappa shape index (κ3) is 10.3. The third-order valence-corrected chi connectivity index (χ3v) is 1.47. The molecule has 0 aromatic heterocycles. The zero-order valence-electron chi connectivity index (χ0n) is 10.1. The number of amides is 2. The number of rotatable bonds is 6. The Kier molecular flexibility index (Phi) is 7.25. The van der Waals surface area contributed by atoms with Crippen molar-refractivity contribution in [3.8, 4) is 0 Å². The fraction of sp³-hybridized carbons (Fsp3) is 0.455. The van der Waals surface area contributed by atoms with Gasteiger partial charge in [-0.15, -0.1) is 0 Å². The first-order valence-electron chi connectivity index (χ1n) is 5.11. The molecular formula is C11H18N2O4. The van der Waals surface area contributed by atoms with Crippen molar-refractivity contribution in [2.24, 2.45) is 5.73 Å². The van der Waals surface area contributed by atoms with Gasteiger partial charge in [0.1, 0.15) is 13.2 Å². The fourth-order valence-corrected chi connectivity index (χ4v) is 0.829. The highest BCUT2D eigenvalue weighted by Gasteiger charge is 2.03. The number of ether oxygens (including phenoxy) is 2. The molecule has 0 saturated heterocycles. The fourth-order valence-electron chi connectivity index (χ4n) is 0.829. The molecule has 0 aliphatic carbocycles. The van der Waals surface area contributed by atoms with Gasteiger partial charge in [0, 0.05) is 6.04 Å². The second-order valence-electron chi connectivity index (χ2n) is 3.57. The van der Waals surface area contributed by atoms with Crippen molar-refractivity contribution < 1.29 is 19.1 Å². The van der Waals surface area contributed by atoms with Gasteiger partial charge < -0.3 is 20.5 Å². The van der Waals surface area contributed by atoms with Gasteiger partial charge in [0.25, 0.3) is 0 Å². The van der Waals surface area contributed by atoms with E-state index < -0.39 is 12.2 Å². The summed E-state index contributed by atoms with van der Waals surface area (Å²) in [7, 11) is 0. The Hall–Kier alpha value is -1.98. The van der Waals surface area contributed by atoms with Crippen LogP contribution in [0.25, 0.3) is 0 Å². The minimum atomic E-state index is -0.840. The van der Waals surface area contributed by atoms with Crippen LogP contribution >= 0.6 is 0 Å². The van der Waals surface area contributed by atoms with E-state index in [9.17, 15) is 9.59 Å². The molecule has 0 atom stereocenters.